The first kappa shape index (κ1) is 16.4. The van der Waals surface area contributed by atoms with Crippen molar-refractivity contribution < 1.29 is 13.2 Å². The molecule has 1 saturated heterocycles. The Balaban J connectivity index is 2.35. The van der Waals surface area contributed by atoms with Gasteiger partial charge >= 0.3 is 0 Å². The largest absolute Gasteiger partial charge is 0.389 e. The van der Waals surface area contributed by atoms with Crippen molar-refractivity contribution in [2.75, 3.05) is 13.1 Å². The second-order valence-electron chi connectivity index (χ2n) is 5.42. The van der Waals surface area contributed by atoms with Gasteiger partial charge in [-0.1, -0.05) is 18.3 Å². The van der Waals surface area contributed by atoms with Gasteiger partial charge in [-0.25, -0.2) is 8.42 Å². The Morgan fingerprint density at radius 3 is 2.38 bits per heavy atom. The van der Waals surface area contributed by atoms with Gasteiger partial charge in [0.1, 0.15) is 4.99 Å². The molecule has 0 radical (unpaired) electrons. The normalized spacial score (nSPS) is 24.0. The van der Waals surface area contributed by atoms with E-state index in [9.17, 15) is 8.42 Å². The van der Waals surface area contributed by atoms with Gasteiger partial charge < -0.3 is 10.5 Å². The Morgan fingerprint density at radius 1 is 1.33 bits per heavy atom. The average molecular weight is 328 g/mol. The molecule has 0 amide bonds. The fourth-order valence-electron chi connectivity index (χ4n) is 2.55. The number of sulfonamides is 1. The maximum atomic E-state index is 12.7. The van der Waals surface area contributed by atoms with Crippen molar-refractivity contribution in [3.05, 3.63) is 29.3 Å². The molecule has 1 aliphatic rings. The average Bonchev–Trinajstić information content (AvgIpc) is 2.36. The van der Waals surface area contributed by atoms with Crippen LogP contribution in [-0.2, 0) is 14.8 Å². The number of nitrogens with two attached hydrogens (primary N) is 1. The summed E-state index contributed by atoms with van der Waals surface area (Å²) in [5.41, 5.74) is 7.07. The fraction of sp³-hybridized carbons (Fsp3) is 0.500. The molecule has 0 spiro atoms. The van der Waals surface area contributed by atoms with Gasteiger partial charge in [-0.15, -0.1) is 0 Å². The SMILES string of the molecule is Cc1cc(S(=O)(=O)N2CC(C)OC(C)C2)ccc1C(N)=S. The van der Waals surface area contributed by atoms with Crippen molar-refractivity contribution in [2.24, 2.45) is 5.73 Å². The van der Waals surface area contributed by atoms with Crippen molar-refractivity contribution in [1.29, 1.82) is 0 Å². The molecule has 7 heteroatoms. The summed E-state index contributed by atoms with van der Waals surface area (Å²) in [5, 5.41) is 0. The molecule has 1 heterocycles. The lowest BCUT2D eigenvalue weighted by Crippen LogP contribution is -2.48. The molecule has 0 aliphatic carbocycles. The summed E-state index contributed by atoms with van der Waals surface area (Å²) >= 11 is 4.94. The zero-order valence-electron chi connectivity index (χ0n) is 12.4. The summed E-state index contributed by atoms with van der Waals surface area (Å²) in [6, 6.07) is 4.84. The minimum atomic E-state index is -3.52. The van der Waals surface area contributed by atoms with E-state index in [-0.39, 0.29) is 22.1 Å². The number of aryl methyl sites for hydroxylation is 1. The summed E-state index contributed by atoms with van der Waals surface area (Å²) in [6.45, 7) is 6.28. The molecule has 1 aliphatic heterocycles. The van der Waals surface area contributed by atoms with Crippen LogP contribution in [0.4, 0.5) is 0 Å². The number of nitrogens with zero attached hydrogens (tertiary/aromatic N) is 1. The second kappa shape index (κ2) is 6.00. The first-order chi connectivity index (χ1) is 9.71. The summed E-state index contributed by atoms with van der Waals surface area (Å²) in [7, 11) is -3.52. The first-order valence-corrected chi connectivity index (χ1v) is 8.62. The highest BCUT2D eigenvalue weighted by Gasteiger charge is 2.32. The van der Waals surface area contributed by atoms with Crippen LogP contribution in [0.25, 0.3) is 0 Å². The van der Waals surface area contributed by atoms with Gasteiger partial charge in [0, 0.05) is 18.7 Å². The molecule has 0 bridgehead atoms. The van der Waals surface area contributed by atoms with E-state index in [2.05, 4.69) is 0 Å². The molecule has 2 atom stereocenters. The van der Waals surface area contributed by atoms with Crippen LogP contribution in [0.5, 0.6) is 0 Å². The Morgan fingerprint density at radius 2 is 1.90 bits per heavy atom. The summed E-state index contributed by atoms with van der Waals surface area (Å²) < 4.78 is 32.5. The van der Waals surface area contributed by atoms with Gasteiger partial charge in [-0.3, -0.25) is 0 Å². The molecule has 2 rings (SSSR count). The number of hydrogen-bond donors (Lipinski definition) is 1. The first-order valence-electron chi connectivity index (χ1n) is 6.78. The van der Waals surface area contributed by atoms with Crippen LogP contribution < -0.4 is 5.73 Å². The molecular formula is C14H20N2O3S2. The van der Waals surface area contributed by atoms with Gasteiger partial charge in [0.25, 0.3) is 0 Å². The lowest BCUT2D eigenvalue weighted by molar-refractivity contribution is -0.0440. The van der Waals surface area contributed by atoms with E-state index in [4.69, 9.17) is 22.7 Å². The van der Waals surface area contributed by atoms with Crippen molar-refractivity contribution >= 4 is 27.2 Å². The van der Waals surface area contributed by atoms with Crippen LogP contribution in [0, 0.1) is 6.92 Å². The molecule has 21 heavy (non-hydrogen) atoms. The Bertz CT molecular complexity index is 648. The van der Waals surface area contributed by atoms with Crippen LogP contribution in [0.1, 0.15) is 25.0 Å². The van der Waals surface area contributed by atoms with Crippen molar-refractivity contribution in [1.82, 2.24) is 4.31 Å². The highest BCUT2D eigenvalue weighted by Crippen LogP contribution is 2.23. The van der Waals surface area contributed by atoms with E-state index in [0.29, 0.717) is 18.7 Å². The monoisotopic (exact) mass is 328 g/mol. The van der Waals surface area contributed by atoms with Gasteiger partial charge in [-0.05, 0) is 38.5 Å². The van der Waals surface area contributed by atoms with Crippen LogP contribution in [0.2, 0.25) is 0 Å². The topological polar surface area (TPSA) is 72.6 Å². The second-order valence-corrected chi connectivity index (χ2v) is 7.80. The number of morpholine rings is 1. The molecule has 116 valence electrons. The van der Waals surface area contributed by atoms with E-state index in [1.165, 1.54) is 4.31 Å². The van der Waals surface area contributed by atoms with Crippen molar-refractivity contribution in [3.8, 4) is 0 Å². The van der Waals surface area contributed by atoms with Gasteiger partial charge in [-0.2, -0.15) is 4.31 Å². The molecule has 0 aromatic heterocycles. The van der Waals surface area contributed by atoms with Gasteiger partial charge in [0.05, 0.1) is 17.1 Å². The minimum absolute atomic E-state index is 0.111. The number of benzene rings is 1. The maximum absolute atomic E-state index is 12.7. The Hall–Kier alpha value is -1.02. The van der Waals surface area contributed by atoms with Crippen molar-refractivity contribution in [3.63, 3.8) is 0 Å². The third-order valence-electron chi connectivity index (χ3n) is 3.49. The molecule has 1 fully saturated rings. The molecular weight excluding hydrogens is 308 g/mol. The van der Waals surface area contributed by atoms with Gasteiger partial charge in [0.2, 0.25) is 10.0 Å². The van der Waals surface area contributed by atoms with E-state index in [1.54, 1.807) is 25.1 Å². The predicted octanol–water partition coefficient (Wildman–Crippen LogP) is 1.43. The van der Waals surface area contributed by atoms with E-state index < -0.39 is 10.0 Å². The van der Waals surface area contributed by atoms with Crippen molar-refractivity contribution in [2.45, 2.75) is 37.9 Å². The smallest absolute Gasteiger partial charge is 0.243 e. The van der Waals surface area contributed by atoms with Gasteiger partial charge in [0.15, 0.2) is 0 Å². The zero-order chi connectivity index (χ0) is 15.8. The molecule has 1 aromatic carbocycles. The summed E-state index contributed by atoms with van der Waals surface area (Å²) in [4.78, 5) is 0.534. The van der Waals surface area contributed by atoms with Crippen LogP contribution >= 0.6 is 12.2 Å². The van der Waals surface area contributed by atoms with E-state index in [1.807, 2.05) is 13.8 Å². The lowest BCUT2D eigenvalue weighted by Gasteiger charge is -2.34. The van der Waals surface area contributed by atoms with Crippen LogP contribution in [0.3, 0.4) is 0 Å². The highest BCUT2D eigenvalue weighted by molar-refractivity contribution is 7.89. The standard InChI is InChI=1S/C14H20N2O3S2/c1-9-6-12(4-5-13(9)14(15)20)21(17,18)16-7-10(2)19-11(3)8-16/h4-6,10-11H,7-8H2,1-3H3,(H2,15,20). The lowest BCUT2D eigenvalue weighted by atomic mass is 10.1. The zero-order valence-corrected chi connectivity index (χ0v) is 14.0. The molecule has 2 N–H and O–H groups in total. The number of ether oxygens (including phenoxy) is 1. The highest BCUT2D eigenvalue weighted by atomic mass is 32.2. The number of rotatable bonds is 3. The van der Waals surface area contributed by atoms with Crippen LogP contribution in [0.15, 0.2) is 23.1 Å². The van der Waals surface area contributed by atoms with Crippen LogP contribution in [-0.4, -0.2) is 43.0 Å². The Labute approximate surface area is 131 Å². The Kier molecular flexibility index (Phi) is 4.67. The predicted molar refractivity (Wildman–Crippen MR) is 85.8 cm³/mol. The molecule has 0 saturated carbocycles. The quantitative estimate of drug-likeness (QED) is 0.850. The third kappa shape index (κ3) is 3.42. The van der Waals surface area contributed by atoms with E-state index in [0.717, 1.165) is 5.56 Å². The number of hydrogen-bond acceptors (Lipinski definition) is 4. The molecule has 5 nitrogen and oxygen atoms in total. The summed E-state index contributed by atoms with van der Waals surface area (Å²) in [5.74, 6) is 0. The maximum Gasteiger partial charge on any atom is 0.243 e. The minimum Gasteiger partial charge on any atom is -0.389 e. The summed E-state index contributed by atoms with van der Waals surface area (Å²) in [6.07, 6.45) is -0.221. The fourth-order valence-corrected chi connectivity index (χ4v) is 4.45. The molecule has 2 unspecified atom stereocenters. The number of thiocarbonyl (C=S) groups is 1. The third-order valence-corrected chi connectivity index (χ3v) is 5.53. The molecule has 1 aromatic rings. The van der Waals surface area contributed by atoms with E-state index >= 15 is 0 Å².